The van der Waals surface area contributed by atoms with Crippen LogP contribution in [0.5, 0.6) is 0 Å². The first kappa shape index (κ1) is 16.0. The van der Waals surface area contributed by atoms with Crippen molar-refractivity contribution in [3.63, 3.8) is 0 Å². The van der Waals surface area contributed by atoms with Gasteiger partial charge in [0.1, 0.15) is 5.69 Å². The van der Waals surface area contributed by atoms with Gasteiger partial charge in [0.2, 0.25) is 0 Å². The van der Waals surface area contributed by atoms with Gasteiger partial charge in [-0.15, -0.1) is 0 Å². The van der Waals surface area contributed by atoms with Crippen LogP contribution in [0.2, 0.25) is 0 Å². The molecule has 1 aromatic heterocycles. The van der Waals surface area contributed by atoms with Crippen molar-refractivity contribution in [3.05, 3.63) is 34.1 Å². The van der Waals surface area contributed by atoms with Gasteiger partial charge in [-0.2, -0.15) is 5.10 Å². The second kappa shape index (κ2) is 5.89. The lowest BCUT2D eigenvalue weighted by molar-refractivity contribution is 0.0841. The van der Waals surface area contributed by atoms with Crippen LogP contribution in [0.15, 0.2) is 17.8 Å². The Kier molecular flexibility index (Phi) is 3.62. The van der Waals surface area contributed by atoms with E-state index in [0.29, 0.717) is 12.1 Å². The number of aryl methyl sites for hydroxylation is 1. The van der Waals surface area contributed by atoms with Crippen LogP contribution in [-0.2, 0) is 7.05 Å². The van der Waals surface area contributed by atoms with E-state index in [1.807, 2.05) is 17.9 Å². The molecule has 0 aromatic carbocycles. The van der Waals surface area contributed by atoms with Crippen LogP contribution in [0.3, 0.4) is 0 Å². The molecule has 3 N–H and O–H groups in total. The zero-order valence-corrected chi connectivity index (χ0v) is 15.7. The number of nitrogens with zero attached hydrogens (tertiary/aromatic N) is 4. The first-order valence-electron chi connectivity index (χ1n) is 9.60. The maximum atomic E-state index is 4.84. The van der Waals surface area contributed by atoms with E-state index in [4.69, 9.17) is 5.10 Å². The Morgan fingerprint density at radius 1 is 1.15 bits per heavy atom. The number of fused-ring (bicyclic) bond motifs is 1. The fourth-order valence-corrected chi connectivity index (χ4v) is 4.51. The Labute approximate surface area is 153 Å². The zero-order valence-electron chi connectivity index (χ0n) is 15.7. The summed E-state index contributed by atoms with van der Waals surface area (Å²) in [5, 5.41) is 9.59. The van der Waals surface area contributed by atoms with Crippen molar-refractivity contribution < 1.29 is 0 Å². The number of allylic oxidation sites excluding steroid dienone is 1. The number of hydrogen-bond acceptors (Lipinski definition) is 6. The van der Waals surface area contributed by atoms with Gasteiger partial charge in [-0.25, -0.2) is 5.01 Å². The predicted octanol–water partition coefficient (Wildman–Crippen LogP) is -0.652. The monoisotopic (exact) mass is 353 g/mol. The molecular weight excluding hydrogens is 326 g/mol. The van der Waals surface area contributed by atoms with Crippen molar-refractivity contribution in [2.75, 3.05) is 19.6 Å². The molecular formula is C19H27N7. The first-order valence-corrected chi connectivity index (χ1v) is 9.60. The number of piperidine rings is 1. The minimum Gasteiger partial charge on any atom is -0.318 e. The van der Waals surface area contributed by atoms with Crippen molar-refractivity contribution in [2.45, 2.75) is 38.8 Å². The maximum absolute atomic E-state index is 4.84. The Hall–Kier alpha value is -2.25. The van der Waals surface area contributed by atoms with Crippen molar-refractivity contribution in [3.8, 4) is 0 Å². The van der Waals surface area contributed by atoms with Gasteiger partial charge in [-0.1, -0.05) is 0 Å². The van der Waals surface area contributed by atoms with Gasteiger partial charge in [0.05, 0.1) is 22.0 Å². The highest BCUT2D eigenvalue weighted by Gasteiger charge is 2.33. The normalized spacial score (nSPS) is 23.2. The topological polar surface area (TPSA) is 60.4 Å². The fourth-order valence-electron chi connectivity index (χ4n) is 4.51. The summed E-state index contributed by atoms with van der Waals surface area (Å²) in [5.74, 6) is 0. The lowest BCUT2D eigenvalue weighted by Gasteiger charge is -2.38. The first-order chi connectivity index (χ1) is 12.6. The smallest absolute Gasteiger partial charge is 0.102 e. The van der Waals surface area contributed by atoms with E-state index >= 15 is 0 Å². The third-order valence-corrected chi connectivity index (χ3v) is 6.07. The average Bonchev–Trinajstić information content (AvgIpc) is 3.18. The minimum absolute atomic E-state index is 0.583. The van der Waals surface area contributed by atoms with Gasteiger partial charge in [0, 0.05) is 37.4 Å². The Bertz CT molecular complexity index is 912. The molecule has 0 radical (unpaired) electrons. The van der Waals surface area contributed by atoms with E-state index in [1.165, 1.54) is 42.4 Å². The third-order valence-electron chi connectivity index (χ3n) is 6.07. The standard InChI is InChI=1S/C19H27N7/c1-12(2)25-8-6-13(7-9-25)26-11-14-15(22-26)4-5-16-18-17(10-20-21-16)24(3)23-19(14)18/h4-5,10,12-13,20-22H,6-9,11H2,1-3H3. The summed E-state index contributed by atoms with van der Waals surface area (Å²) in [6.45, 7) is 7.86. The molecule has 0 atom stereocenters. The van der Waals surface area contributed by atoms with E-state index in [2.05, 4.69) is 52.2 Å². The Morgan fingerprint density at radius 3 is 2.69 bits per heavy atom. The lowest BCUT2D eigenvalue weighted by atomic mass is 10.0. The largest absolute Gasteiger partial charge is 0.318 e. The Balaban J connectivity index is 1.42. The highest BCUT2D eigenvalue weighted by Crippen LogP contribution is 2.28. The van der Waals surface area contributed by atoms with Crippen LogP contribution in [0.4, 0.5) is 0 Å². The second-order valence-electron chi connectivity index (χ2n) is 7.89. The molecule has 1 aromatic rings. The van der Waals surface area contributed by atoms with E-state index in [-0.39, 0.29) is 0 Å². The number of likely N-dealkylation sites (tertiary alicyclic amines) is 1. The molecule has 1 saturated heterocycles. The molecule has 3 aliphatic heterocycles. The predicted molar refractivity (Wildman–Crippen MR) is 102 cm³/mol. The summed E-state index contributed by atoms with van der Waals surface area (Å²) >= 11 is 0. The molecule has 0 bridgehead atoms. The van der Waals surface area contributed by atoms with Gasteiger partial charge in [0.25, 0.3) is 0 Å². The van der Waals surface area contributed by atoms with E-state index < -0.39 is 0 Å². The lowest BCUT2D eigenvalue weighted by Crippen LogP contribution is -2.49. The fraction of sp³-hybridized carbons (Fsp3) is 0.526. The molecule has 0 saturated carbocycles. The molecule has 4 heterocycles. The van der Waals surface area contributed by atoms with Crippen molar-refractivity contribution in [2.24, 2.45) is 7.05 Å². The quantitative estimate of drug-likeness (QED) is 0.657. The van der Waals surface area contributed by atoms with Crippen molar-refractivity contribution in [1.82, 2.24) is 36.0 Å². The van der Waals surface area contributed by atoms with E-state index in [1.54, 1.807) is 0 Å². The van der Waals surface area contributed by atoms with Crippen LogP contribution in [0, 0.1) is 0 Å². The van der Waals surface area contributed by atoms with Gasteiger partial charge in [-0.05, 0) is 51.9 Å². The number of aromatic nitrogens is 2. The van der Waals surface area contributed by atoms with Crippen LogP contribution < -0.4 is 26.8 Å². The SMILES string of the molecule is CC(C)N1CCC(N2CC3=C(C=CC4=c5c3nn(C)c5=CNN4)N2)CC1. The highest BCUT2D eigenvalue weighted by molar-refractivity contribution is 5.77. The molecule has 5 rings (SSSR count). The number of hydrazine groups is 2. The van der Waals surface area contributed by atoms with Crippen molar-refractivity contribution in [1.29, 1.82) is 0 Å². The molecule has 7 nitrogen and oxygen atoms in total. The molecule has 0 spiro atoms. The zero-order chi connectivity index (χ0) is 17.8. The minimum atomic E-state index is 0.583. The molecule has 7 heteroatoms. The second-order valence-corrected chi connectivity index (χ2v) is 7.89. The maximum Gasteiger partial charge on any atom is 0.102 e. The van der Waals surface area contributed by atoms with Crippen LogP contribution >= 0.6 is 0 Å². The van der Waals surface area contributed by atoms with Gasteiger partial charge < -0.3 is 21.2 Å². The summed E-state index contributed by atoms with van der Waals surface area (Å²) in [6, 6.07) is 1.23. The highest BCUT2D eigenvalue weighted by atomic mass is 15.5. The molecule has 0 unspecified atom stereocenters. The van der Waals surface area contributed by atoms with Crippen LogP contribution in [-0.4, -0.2) is 51.4 Å². The molecule has 0 amide bonds. The summed E-state index contributed by atoms with van der Waals surface area (Å²) in [6.07, 6.45) is 8.74. The number of nitrogens with one attached hydrogen (secondary N) is 3. The summed E-state index contributed by atoms with van der Waals surface area (Å²) < 4.78 is 1.96. The molecule has 138 valence electrons. The number of hydrogen-bond donors (Lipinski definition) is 3. The van der Waals surface area contributed by atoms with Gasteiger partial charge >= 0.3 is 0 Å². The van der Waals surface area contributed by atoms with Crippen molar-refractivity contribution >= 4 is 17.5 Å². The van der Waals surface area contributed by atoms with Gasteiger partial charge in [-0.3, -0.25) is 4.68 Å². The van der Waals surface area contributed by atoms with E-state index in [9.17, 15) is 0 Å². The van der Waals surface area contributed by atoms with E-state index in [0.717, 1.165) is 23.3 Å². The average molecular weight is 353 g/mol. The molecule has 26 heavy (non-hydrogen) atoms. The molecule has 1 aliphatic carbocycles. The molecule has 1 fully saturated rings. The Morgan fingerprint density at radius 2 is 1.92 bits per heavy atom. The van der Waals surface area contributed by atoms with Gasteiger partial charge in [0.15, 0.2) is 0 Å². The third kappa shape index (κ3) is 2.38. The summed E-state index contributed by atoms with van der Waals surface area (Å²) in [7, 11) is 2.01. The molecule has 4 aliphatic rings. The summed E-state index contributed by atoms with van der Waals surface area (Å²) in [5.41, 5.74) is 14.7. The van der Waals surface area contributed by atoms with Crippen LogP contribution in [0.25, 0.3) is 17.5 Å². The summed E-state index contributed by atoms with van der Waals surface area (Å²) in [4.78, 5) is 2.58. The number of rotatable bonds is 2. The van der Waals surface area contributed by atoms with Crippen LogP contribution in [0.1, 0.15) is 32.4 Å².